The maximum Gasteiger partial charge on any atom is 0.324 e. The molecule has 0 aromatic carbocycles. The molecule has 0 aliphatic rings. The van der Waals surface area contributed by atoms with Gasteiger partial charge in [-0.05, 0) is 13.8 Å². The fraction of sp³-hybridized carbons (Fsp3) is 0.375. The molecule has 4 heteroatoms. The molecule has 0 aromatic rings. The number of carbonyl (C=O) groups is 1. The highest BCUT2D eigenvalue weighted by molar-refractivity contribution is 9.10. The Kier molecular flexibility index (Phi) is 4.66. The minimum absolute atomic E-state index is 0.137. The van der Waals surface area contributed by atoms with E-state index in [1.807, 2.05) is 0 Å². The zero-order valence-electron chi connectivity index (χ0n) is 7.00. The van der Waals surface area contributed by atoms with Gasteiger partial charge in [-0.3, -0.25) is 4.79 Å². The van der Waals surface area contributed by atoms with Gasteiger partial charge in [0.25, 0.3) is 0 Å². The molecule has 0 aromatic heterocycles. The molecule has 0 amide bonds. The SMILES string of the molecule is C=C(O)/C=C(\C)OC(=O)C(C)Br. The van der Waals surface area contributed by atoms with Crippen LogP contribution in [-0.2, 0) is 9.53 Å². The average Bonchev–Trinajstić information content (AvgIpc) is 1.84. The van der Waals surface area contributed by atoms with E-state index in [1.54, 1.807) is 13.8 Å². The van der Waals surface area contributed by atoms with Gasteiger partial charge in [0.1, 0.15) is 16.3 Å². The normalized spacial score (nSPS) is 13.8. The van der Waals surface area contributed by atoms with Crippen molar-refractivity contribution in [1.29, 1.82) is 0 Å². The van der Waals surface area contributed by atoms with Crippen LogP contribution in [0.2, 0.25) is 0 Å². The fourth-order valence-electron chi connectivity index (χ4n) is 0.504. The minimum Gasteiger partial charge on any atom is -0.508 e. The van der Waals surface area contributed by atoms with Gasteiger partial charge in [-0.1, -0.05) is 22.5 Å². The second-order valence-electron chi connectivity index (χ2n) is 2.28. The van der Waals surface area contributed by atoms with Crippen LogP contribution in [0, 0.1) is 0 Å². The molecule has 1 unspecified atom stereocenters. The highest BCUT2D eigenvalue weighted by Gasteiger charge is 2.10. The monoisotopic (exact) mass is 234 g/mol. The summed E-state index contributed by atoms with van der Waals surface area (Å²) in [5.74, 6) is -0.216. The molecule has 12 heavy (non-hydrogen) atoms. The summed E-state index contributed by atoms with van der Waals surface area (Å²) >= 11 is 3.05. The Bertz CT molecular complexity index is 218. The lowest BCUT2D eigenvalue weighted by molar-refractivity contribution is -0.138. The zero-order valence-corrected chi connectivity index (χ0v) is 8.59. The number of ether oxygens (including phenoxy) is 1. The minimum atomic E-state index is -0.398. The smallest absolute Gasteiger partial charge is 0.324 e. The van der Waals surface area contributed by atoms with E-state index in [-0.39, 0.29) is 10.6 Å². The number of carbonyl (C=O) groups excluding carboxylic acids is 1. The molecule has 0 fully saturated rings. The third-order valence-corrected chi connectivity index (χ3v) is 1.33. The molecule has 1 atom stereocenters. The first-order chi connectivity index (χ1) is 5.43. The molecular formula is C8H11BrO3. The van der Waals surface area contributed by atoms with Crippen LogP contribution < -0.4 is 0 Å². The molecule has 0 radical (unpaired) electrons. The number of rotatable bonds is 3. The summed E-state index contributed by atoms with van der Waals surface area (Å²) in [6.07, 6.45) is 1.27. The largest absolute Gasteiger partial charge is 0.508 e. The van der Waals surface area contributed by atoms with Gasteiger partial charge in [0.2, 0.25) is 0 Å². The second kappa shape index (κ2) is 4.98. The Hall–Kier alpha value is -0.770. The maximum atomic E-state index is 10.9. The average molecular weight is 235 g/mol. The van der Waals surface area contributed by atoms with Gasteiger partial charge in [-0.2, -0.15) is 0 Å². The third kappa shape index (κ3) is 4.96. The van der Waals surface area contributed by atoms with Crippen LogP contribution in [0.15, 0.2) is 24.2 Å². The van der Waals surface area contributed by atoms with Crippen molar-refractivity contribution in [3.63, 3.8) is 0 Å². The van der Waals surface area contributed by atoms with Gasteiger partial charge < -0.3 is 9.84 Å². The highest BCUT2D eigenvalue weighted by Crippen LogP contribution is 2.06. The lowest BCUT2D eigenvalue weighted by Crippen LogP contribution is -2.12. The van der Waals surface area contributed by atoms with Gasteiger partial charge in [0.15, 0.2) is 0 Å². The zero-order chi connectivity index (χ0) is 9.72. The first-order valence-electron chi connectivity index (χ1n) is 3.35. The van der Waals surface area contributed by atoms with E-state index in [0.29, 0.717) is 5.76 Å². The molecule has 68 valence electrons. The standard InChI is InChI=1S/C8H11BrO3/c1-5(10)4-6(2)12-8(11)7(3)9/h4,7,10H,1H2,2-3H3/b6-4+. The van der Waals surface area contributed by atoms with E-state index in [9.17, 15) is 4.79 Å². The fourth-order valence-corrected chi connectivity index (χ4v) is 0.597. The summed E-state index contributed by atoms with van der Waals surface area (Å²) < 4.78 is 4.78. The molecule has 0 saturated heterocycles. The number of esters is 1. The van der Waals surface area contributed by atoms with Gasteiger partial charge >= 0.3 is 5.97 Å². The quantitative estimate of drug-likeness (QED) is 0.353. The van der Waals surface area contributed by atoms with Crippen LogP contribution in [-0.4, -0.2) is 15.9 Å². The molecule has 0 bridgehead atoms. The summed E-state index contributed by atoms with van der Waals surface area (Å²) in [7, 11) is 0. The summed E-state index contributed by atoms with van der Waals surface area (Å²) in [5.41, 5.74) is 0. The van der Waals surface area contributed by atoms with Crippen molar-refractivity contribution in [2.75, 3.05) is 0 Å². The molecule has 1 N–H and O–H groups in total. The van der Waals surface area contributed by atoms with Crippen LogP contribution in [0.5, 0.6) is 0 Å². The molecule has 3 nitrogen and oxygen atoms in total. The number of alkyl halides is 1. The van der Waals surface area contributed by atoms with Gasteiger partial charge in [0.05, 0.1) is 0 Å². The van der Waals surface area contributed by atoms with Crippen molar-refractivity contribution in [1.82, 2.24) is 0 Å². The molecule has 0 rings (SSSR count). The lowest BCUT2D eigenvalue weighted by atomic mass is 10.4. The third-order valence-electron chi connectivity index (χ3n) is 0.956. The van der Waals surface area contributed by atoms with Gasteiger partial charge in [-0.15, -0.1) is 0 Å². The summed E-state index contributed by atoms with van der Waals surface area (Å²) in [4.78, 5) is 10.6. The molecule has 0 spiro atoms. The molecule has 0 saturated carbocycles. The van der Waals surface area contributed by atoms with Crippen LogP contribution in [0.3, 0.4) is 0 Å². The number of aliphatic hydroxyl groups excluding tert-OH is 1. The molecule has 0 aliphatic carbocycles. The van der Waals surface area contributed by atoms with Crippen LogP contribution in [0.25, 0.3) is 0 Å². The van der Waals surface area contributed by atoms with Gasteiger partial charge in [0, 0.05) is 6.08 Å². The number of halogens is 1. The lowest BCUT2D eigenvalue weighted by Gasteiger charge is -2.04. The predicted molar refractivity (Wildman–Crippen MR) is 50.0 cm³/mol. The number of aliphatic hydroxyl groups is 1. The first-order valence-corrected chi connectivity index (χ1v) is 4.27. The van der Waals surface area contributed by atoms with E-state index >= 15 is 0 Å². The van der Waals surface area contributed by atoms with Crippen molar-refractivity contribution < 1.29 is 14.6 Å². The maximum absolute atomic E-state index is 10.9. The van der Waals surface area contributed by atoms with E-state index < -0.39 is 5.97 Å². The van der Waals surface area contributed by atoms with Crippen molar-refractivity contribution in [3.8, 4) is 0 Å². The van der Waals surface area contributed by atoms with Crippen molar-refractivity contribution >= 4 is 21.9 Å². The summed E-state index contributed by atoms with van der Waals surface area (Å²) in [6, 6.07) is 0. The Morgan fingerprint density at radius 1 is 1.75 bits per heavy atom. The van der Waals surface area contributed by atoms with Crippen LogP contribution >= 0.6 is 15.9 Å². The topological polar surface area (TPSA) is 46.5 Å². The van der Waals surface area contributed by atoms with E-state index in [2.05, 4.69) is 22.5 Å². The van der Waals surface area contributed by atoms with E-state index in [0.717, 1.165) is 0 Å². The van der Waals surface area contributed by atoms with Crippen LogP contribution in [0.1, 0.15) is 13.8 Å². The predicted octanol–water partition coefficient (Wildman–Crippen LogP) is 2.29. The number of hydrogen-bond acceptors (Lipinski definition) is 3. The van der Waals surface area contributed by atoms with E-state index in [1.165, 1.54) is 6.08 Å². The van der Waals surface area contributed by atoms with E-state index in [4.69, 9.17) is 9.84 Å². The number of allylic oxidation sites excluding steroid dienone is 2. The van der Waals surface area contributed by atoms with Gasteiger partial charge in [-0.25, -0.2) is 0 Å². The van der Waals surface area contributed by atoms with Crippen molar-refractivity contribution in [2.24, 2.45) is 0 Å². The molecule has 0 heterocycles. The molecular weight excluding hydrogens is 224 g/mol. The summed E-state index contributed by atoms with van der Waals surface area (Å²) in [6.45, 7) is 6.44. The Balaban J connectivity index is 4.09. The van der Waals surface area contributed by atoms with Crippen molar-refractivity contribution in [3.05, 3.63) is 24.2 Å². The molecule has 0 aliphatic heterocycles. The van der Waals surface area contributed by atoms with Crippen molar-refractivity contribution in [2.45, 2.75) is 18.7 Å². The summed E-state index contributed by atoms with van der Waals surface area (Å²) in [5, 5.41) is 8.70. The Morgan fingerprint density at radius 2 is 2.25 bits per heavy atom. The number of hydrogen-bond donors (Lipinski definition) is 1. The Labute approximate surface area is 79.9 Å². The Morgan fingerprint density at radius 3 is 2.58 bits per heavy atom. The second-order valence-corrected chi connectivity index (χ2v) is 3.66. The first kappa shape index (κ1) is 11.2. The highest BCUT2D eigenvalue weighted by atomic mass is 79.9. The van der Waals surface area contributed by atoms with Crippen LogP contribution in [0.4, 0.5) is 0 Å².